The highest BCUT2D eigenvalue weighted by Gasteiger charge is 2.46. The molecular weight excluding hydrogens is 338 g/mol. The molecule has 2 aromatic heterocycles. The number of hydrogen-bond donors (Lipinski definition) is 2. The Morgan fingerprint density at radius 3 is 3.04 bits per heavy atom. The van der Waals surface area contributed by atoms with Crippen LogP contribution in [0.4, 0.5) is 5.82 Å². The number of nitrogen functional groups attached to an aromatic ring is 1. The minimum atomic E-state index is -0.0924. The second-order valence-corrected chi connectivity index (χ2v) is 6.26. The molecule has 0 spiro atoms. The SMILES string of the molecule is CNCc1nnc(-c2nc(C3CC3C(=O)N(C)CCOC)cnc2N)o1. The van der Waals surface area contributed by atoms with Crippen LogP contribution in [-0.4, -0.2) is 65.3 Å². The number of carbonyl (C=O) groups excluding carboxylic acids is 1. The molecule has 2 heterocycles. The van der Waals surface area contributed by atoms with Crippen molar-refractivity contribution in [3.8, 4) is 11.6 Å². The van der Waals surface area contributed by atoms with E-state index in [1.807, 2.05) is 0 Å². The van der Waals surface area contributed by atoms with Gasteiger partial charge in [0.05, 0.1) is 25.0 Å². The van der Waals surface area contributed by atoms with Crippen molar-refractivity contribution in [1.29, 1.82) is 0 Å². The number of anilines is 1. The predicted octanol–water partition coefficient (Wildman–Crippen LogP) is 0.0365. The van der Waals surface area contributed by atoms with E-state index in [1.165, 1.54) is 0 Å². The third-order valence-corrected chi connectivity index (χ3v) is 4.31. The van der Waals surface area contributed by atoms with E-state index in [9.17, 15) is 4.79 Å². The highest BCUT2D eigenvalue weighted by atomic mass is 16.5. The molecule has 10 heteroatoms. The standard InChI is InChI=1S/C16H23N7O3/c1-18-8-12-21-22-15(26-12)13-14(17)19-7-11(20-13)9-6-10(9)16(24)23(2)4-5-25-3/h7,9-10,18H,4-6,8H2,1-3H3,(H2,17,19). The summed E-state index contributed by atoms with van der Waals surface area (Å²) in [4.78, 5) is 22.8. The van der Waals surface area contributed by atoms with Crippen LogP contribution in [0.3, 0.4) is 0 Å². The fourth-order valence-electron chi connectivity index (χ4n) is 2.74. The average molecular weight is 361 g/mol. The fourth-order valence-corrected chi connectivity index (χ4v) is 2.74. The molecule has 0 aromatic carbocycles. The first-order chi connectivity index (χ1) is 12.5. The average Bonchev–Trinajstić information content (AvgIpc) is 3.31. The van der Waals surface area contributed by atoms with Gasteiger partial charge >= 0.3 is 0 Å². The summed E-state index contributed by atoms with van der Waals surface area (Å²) in [6, 6.07) is 0. The number of ether oxygens (including phenoxy) is 1. The largest absolute Gasteiger partial charge is 0.418 e. The minimum absolute atomic E-state index is 0.0269. The van der Waals surface area contributed by atoms with Crippen LogP contribution in [0.15, 0.2) is 10.6 Å². The summed E-state index contributed by atoms with van der Waals surface area (Å²) >= 11 is 0. The van der Waals surface area contributed by atoms with E-state index in [4.69, 9.17) is 14.9 Å². The normalized spacial score (nSPS) is 18.7. The van der Waals surface area contributed by atoms with Gasteiger partial charge in [0.1, 0.15) is 0 Å². The van der Waals surface area contributed by atoms with Crippen molar-refractivity contribution in [3.63, 3.8) is 0 Å². The van der Waals surface area contributed by atoms with Gasteiger partial charge < -0.3 is 25.1 Å². The number of methoxy groups -OCH3 is 1. The summed E-state index contributed by atoms with van der Waals surface area (Å²) in [5.74, 6) is 0.899. The molecule has 1 aliphatic rings. The van der Waals surface area contributed by atoms with Crippen molar-refractivity contribution in [2.24, 2.45) is 5.92 Å². The van der Waals surface area contributed by atoms with Crippen molar-refractivity contribution in [2.75, 3.05) is 40.1 Å². The Hall–Kier alpha value is -2.59. The van der Waals surface area contributed by atoms with Crippen LogP contribution < -0.4 is 11.1 Å². The van der Waals surface area contributed by atoms with Crippen molar-refractivity contribution >= 4 is 11.7 Å². The summed E-state index contributed by atoms with van der Waals surface area (Å²) in [6.45, 7) is 1.53. The third kappa shape index (κ3) is 3.81. The van der Waals surface area contributed by atoms with Crippen LogP contribution in [0.2, 0.25) is 0 Å². The first kappa shape index (κ1) is 18.2. The van der Waals surface area contributed by atoms with Crippen LogP contribution in [-0.2, 0) is 16.1 Å². The monoisotopic (exact) mass is 361 g/mol. The van der Waals surface area contributed by atoms with Crippen LogP contribution in [0.5, 0.6) is 0 Å². The van der Waals surface area contributed by atoms with Gasteiger partial charge in [0.15, 0.2) is 11.5 Å². The molecule has 0 aliphatic heterocycles. The highest BCUT2D eigenvalue weighted by molar-refractivity contribution is 5.82. The van der Waals surface area contributed by atoms with Gasteiger partial charge in [0.2, 0.25) is 11.8 Å². The summed E-state index contributed by atoms with van der Waals surface area (Å²) in [7, 11) is 5.17. The van der Waals surface area contributed by atoms with Crippen molar-refractivity contribution in [2.45, 2.75) is 18.9 Å². The molecule has 0 radical (unpaired) electrons. The van der Waals surface area contributed by atoms with Gasteiger partial charge in [0.25, 0.3) is 5.89 Å². The van der Waals surface area contributed by atoms with Gasteiger partial charge in [-0.25, -0.2) is 9.97 Å². The predicted molar refractivity (Wildman–Crippen MR) is 92.9 cm³/mol. The second-order valence-electron chi connectivity index (χ2n) is 6.26. The topological polar surface area (TPSA) is 132 Å². The van der Waals surface area contributed by atoms with Crippen LogP contribution >= 0.6 is 0 Å². The van der Waals surface area contributed by atoms with Crippen LogP contribution in [0.1, 0.15) is 23.9 Å². The zero-order valence-corrected chi connectivity index (χ0v) is 15.1. The molecule has 2 aromatic rings. The van der Waals surface area contributed by atoms with Crippen molar-refractivity contribution in [1.82, 2.24) is 30.4 Å². The number of nitrogens with zero attached hydrogens (tertiary/aromatic N) is 5. The first-order valence-electron chi connectivity index (χ1n) is 8.38. The molecule has 1 amide bonds. The van der Waals surface area contributed by atoms with E-state index < -0.39 is 0 Å². The van der Waals surface area contributed by atoms with Crippen molar-refractivity contribution < 1.29 is 13.9 Å². The lowest BCUT2D eigenvalue weighted by Crippen LogP contribution is -2.31. The molecule has 2 unspecified atom stereocenters. The Balaban J connectivity index is 1.73. The number of hydrogen-bond acceptors (Lipinski definition) is 9. The number of likely N-dealkylation sites (N-methyl/N-ethyl adjacent to an activating group) is 1. The molecular formula is C16H23N7O3. The van der Waals surface area contributed by atoms with E-state index in [0.717, 1.165) is 6.42 Å². The van der Waals surface area contributed by atoms with E-state index in [0.29, 0.717) is 37.0 Å². The molecule has 0 saturated heterocycles. The Kier molecular flexibility index (Phi) is 5.43. The van der Waals surface area contributed by atoms with Crippen LogP contribution in [0.25, 0.3) is 11.6 Å². The molecule has 140 valence electrons. The Labute approximate surface area is 151 Å². The van der Waals surface area contributed by atoms with Gasteiger partial charge in [-0.05, 0) is 13.5 Å². The lowest BCUT2D eigenvalue weighted by atomic mass is 10.2. The summed E-state index contributed by atoms with van der Waals surface area (Å²) < 4.78 is 10.6. The summed E-state index contributed by atoms with van der Waals surface area (Å²) in [5, 5.41) is 10.8. The number of aromatic nitrogens is 4. The van der Waals surface area contributed by atoms with E-state index in [-0.39, 0.29) is 29.5 Å². The lowest BCUT2D eigenvalue weighted by molar-refractivity contribution is -0.131. The molecule has 1 aliphatic carbocycles. The van der Waals surface area contributed by atoms with Gasteiger partial charge in [-0.1, -0.05) is 0 Å². The summed E-state index contributed by atoms with van der Waals surface area (Å²) in [5.41, 5.74) is 6.98. The molecule has 3 rings (SSSR count). The maximum Gasteiger partial charge on any atom is 0.270 e. The van der Waals surface area contributed by atoms with Gasteiger partial charge in [-0.3, -0.25) is 4.79 Å². The van der Waals surface area contributed by atoms with Gasteiger partial charge in [-0.15, -0.1) is 10.2 Å². The van der Waals surface area contributed by atoms with E-state index in [2.05, 4.69) is 25.5 Å². The van der Waals surface area contributed by atoms with Gasteiger partial charge in [0, 0.05) is 32.5 Å². The van der Waals surface area contributed by atoms with Gasteiger partial charge in [-0.2, -0.15) is 0 Å². The zero-order chi connectivity index (χ0) is 18.7. The summed E-state index contributed by atoms with van der Waals surface area (Å²) in [6.07, 6.45) is 2.35. The molecule has 0 bridgehead atoms. The Bertz CT molecular complexity index is 779. The quantitative estimate of drug-likeness (QED) is 0.668. The number of nitrogens with one attached hydrogen (secondary N) is 1. The molecule has 10 nitrogen and oxygen atoms in total. The number of carbonyl (C=O) groups is 1. The Morgan fingerprint density at radius 2 is 2.31 bits per heavy atom. The molecule has 1 fully saturated rings. The molecule has 3 N–H and O–H groups in total. The maximum absolute atomic E-state index is 12.4. The van der Waals surface area contributed by atoms with E-state index in [1.54, 1.807) is 32.3 Å². The number of amides is 1. The van der Waals surface area contributed by atoms with E-state index >= 15 is 0 Å². The molecule has 26 heavy (non-hydrogen) atoms. The molecule has 1 saturated carbocycles. The third-order valence-electron chi connectivity index (χ3n) is 4.31. The lowest BCUT2D eigenvalue weighted by Gasteiger charge is -2.16. The first-order valence-corrected chi connectivity index (χ1v) is 8.38. The highest BCUT2D eigenvalue weighted by Crippen LogP contribution is 2.48. The van der Waals surface area contributed by atoms with Crippen molar-refractivity contribution in [3.05, 3.63) is 17.8 Å². The zero-order valence-electron chi connectivity index (χ0n) is 15.1. The molecule has 2 atom stereocenters. The number of rotatable bonds is 8. The Morgan fingerprint density at radius 1 is 1.50 bits per heavy atom. The second kappa shape index (κ2) is 7.75. The minimum Gasteiger partial charge on any atom is -0.418 e. The number of nitrogens with two attached hydrogens (primary N) is 1. The maximum atomic E-state index is 12.4. The van der Waals surface area contributed by atoms with Crippen LogP contribution in [0, 0.1) is 5.92 Å². The fraction of sp³-hybridized carbons (Fsp3) is 0.562. The smallest absolute Gasteiger partial charge is 0.270 e.